The van der Waals surface area contributed by atoms with Crippen molar-refractivity contribution < 1.29 is 50.1 Å². The molecule has 15 heteroatoms. The van der Waals surface area contributed by atoms with Crippen LogP contribution in [0.4, 0.5) is 31.1 Å². The molecule has 3 aromatic carbocycles. The summed E-state index contributed by atoms with van der Waals surface area (Å²) in [6.07, 6.45) is -7.91. The number of aromatic nitrogens is 2. The molecule has 2 heterocycles. The second-order valence-corrected chi connectivity index (χ2v) is 13.1. The molecule has 0 unspecified atom stereocenters. The van der Waals surface area contributed by atoms with Crippen molar-refractivity contribution in [1.29, 1.82) is 0 Å². The third-order valence-corrected chi connectivity index (χ3v) is 9.94. The van der Waals surface area contributed by atoms with E-state index in [2.05, 4.69) is 4.98 Å². The van der Waals surface area contributed by atoms with E-state index < -0.39 is 47.2 Å². The van der Waals surface area contributed by atoms with Crippen LogP contribution in [0.1, 0.15) is 63.7 Å². The number of rotatable bonds is 8. The predicted octanol–water partition coefficient (Wildman–Crippen LogP) is 9.29. The summed E-state index contributed by atoms with van der Waals surface area (Å²) in [6, 6.07) is 11.9. The van der Waals surface area contributed by atoms with Crippen molar-refractivity contribution in [3.8, 4) is 28.0 Å². The Morgan fingerprint density at radius 2 is 1.65 bits per heavy atom. The van der Waals surface area contributed by atoms with Gasteiger partial charge in [0.1, 0.15) is 5.75 Å². The van der Waals surface area contributed by atoms with E-state index in [4.69, 9.17) is 19.2 Å². The molecule has 0 bridgehead atoms. The van der Waals surface area contributed by atoms with E-state index in [0.29, 0.717) is 51.8 Å². The number of hydrogen-bond donors (Lipinski definition) is 0. The molecule has 1 saturated carbocycles. The second-order valence-electron chi connectivity index (χ2n) is 12.3. The summed E-state index contributed by atoms with van der Waals surface area (Å²) < 4.78 is 98.9. The maximum absolute atomic E-state index is 13.8. The lowest BCUT2D eigenvalue weighted by atomic mass is 9.70. The zero-order valence-electron chi connectivity index (χ0n) is 27.7. The van der Waals surface area contributed by atoms with Crippen LogP contribution in [0.25, 0.3) is 22.3 Å². The van der Waals surface area contributed by atoms with Gasteiger partial charge in [-0.15, -0.1) is 0 Å². The fraction of sp³-hybridized carbons (Fsp3) is 0.333. The van der Waals surface area contributed by atoms with Crippen molar-refractivity contribution >= 4 is 23.8 Å². The van der Waals surface area contributed by atoms with Crippen molar-refractivity contribution in [2.24, 2.45) is 0 Å². The second kappa shape index (κ2) is 13.4. The summed E-state index contributed by atoms with van der Waals surface area (Å²) in [5, 5.41) is 0.373. The van der Waals surface area contributed by atoms with Gasteiger partial charge in [0, 0.05) is 17.3 Å². The fourth-order valence-electron chi connectivity index (χ4n) is 6.71. The Bertz CT molecular complexity index is 1980. The molecule has 1 amide bonds. The maximum atomic E-state index is 13.8. The van der Waals surface area contributed by atoms with E-state index in [9.17, 15) is 35.9 Å². The van der Waals surface area contributed by atoms with Crippen molar-refractivity contribution in [1.82, 2.24) is 14.9 Å². The Hall–Kier alpha value is -4.79. The fourth-order valence-corrected chi connectivity index (χ4v) is 7.07. The lowest BCUT2D eigenvalue weighted by Crippen LogP contribution is -2.53. The number of carbonyl (C=O) groups is 2. The van der Waals surface area contributed by atoms with Crippen molar-refractivity contribution in [2.45, 2.75) is 61.9 Å². The molecule has 2 fully saturated rings. The minimum Gasteiger partial charge on any atom is -0.496 e. The highest BCUT2D eigenvalue weighted by atomic mass is 32.2. The third-order valence-electron chi connectivity index (χ3n) is 9.38. The molecule has 1 saturated heterocycles. The molecule has 0 N–H and O–H groups in total. The number of methoxy groups -OCH3 is 2. The molecular formula is C36H31F6N3O5S. The van der Waals surface area contributed by atoms with Gasteiger partial charge in [0.05, 0.1) is 48.7 Å². The van der Waals surface area contributed by atoms with E-state index in [1.165, 1.54) is 30.9 Å². The van der Waals surface area contributed by atoms with E-state index in [-0.39, 0.29) is 31.0 Å². The zero-order chi connectivity index (χ0) is 36.9. The number of ether oxygens (including phenoxy) is 3. The summed E-state index contributed by atoms with van der Waals surface area (Å²) in [7, 11) is 2.79. The highest BCUT2D eigenvalue weighted by Crippen LogP contribution is 2.55. The lowest BCUT2D eigenvalue weighted by molar-refractivity contribution is -0.143. The average molecular weight is 732 g/mol. The van der Waals surface area contributed by atoms with Gasteiger partial charge < -0.3 is 14.2 Å². The topological polar surface area (TPSA) is 90.9 Å². The van der Waals surface area contributed by atoms with Crippen LogP contribution < -0.4 is 4.74 Å². The number of hydrogen-bond acceptors (Lipinski definition) is 8. The molecule has 0 radical (unpaired) electrons. The molecular weight excluding hydrogens is 700 g/mol. The van der Waals surface area contributed by atoms with Gasteiger partial charge in [0.15, 0.2) is 11.3 Å². The van der Waals surface area contributed by atoms with E-state index in [1.54, 1.807) is 36.7 Å². The number of nitrogens with zero attached hydrogens (tertiary/aromatic N) is 3. The SMILES string of the molecule is COC(=O)c1ccc(-c2ccc(OC)c(-c3cnc(SC)nc3CN3C(=O)O[C@@H](c4cc(C(F)(F)F)cc(C(F)(F)F)c4)C34CCC4)c2)c(C)c1. The summed E-state index contributed by atoms with van der Waals surface area (Å²) in [5.41, 5.74) is -0.393. The van der Waals surface area contributed by atoms with Gasteiger partial charge in [-0.25, -0.2) is 19.6 Å². The molecule has 6 rings (SSSR count). The quantitative estimate of drug-likeness (QED) is 0.0767. The first-order valence-electron chi connectivity index (χ1n) is 15.6. The maximum Gasteiger partial charge on any atom is 0.416 e. The first kappa shape index (κ1) is 36.0. The molecule has 8 nitrogen and oxygen atoms in total. The predicted molar refractivity (Wildman–Crippen MR) is 175 cm³/mol. The Morgan fingerprint density at radius 3 is 2.20 bits per heavy atom. The smallest absolute Gasteiger partial charge is 0.416 e. The first-order valence-corrected chi connectivity index (χ1v) is 16.9. The molecule has 2 aliphatic rings. The van der Waals surface area contributed by atoms with Crippen LogP contribution in [0.5, 0.6) is 5.75 Å². The van der Waals surface area contributed by atoms with Gasteiger partial charge in [0.2, 0.25) is 0 Å². The molecule has 1 aliphatic carbocycles. The number of carbonyl (C=O) groups excluding carboxylic acids is 2. The van der Waals surface area contributed by atoms with Crippen LogP contribution in [-0.4, -0.2) is 52.9 Å². The lowest BCUT2D eigenvalue weighted by Gasteiger charge is -2.46. The average Bonchev–Trinajstić information content (AvgIpc) is 3.38. The molecule has 268 valence electrons. The normalized spacial score (nSPS) is 16.9. The Labute approximate surface area is 293 Å². The van der Waals surface area contributed by atoms with Crippen LogP contribution in [0, 0.1) is 6.92 Å². The van der Waals surface area contributed by atoms with Crippen LogP contribution in [0.15, 0.2) is 66.0 Å². The van der Waals surface area contributed by atoms with Gasteiger partial charge in [-0.1, -0.05) is 23.9 Å². The summed E-state index contributed by atoms with van der Waals surface area (Å²) in [6.45, 7) is 1.68. The van der Waals surface area contributed by atoms with E-state index >= 15 is 0 Å². The number of amides is 1. The number of benzene rings is 3. The monoisotopic (exact) mass is 731 g/mol. The van der Waals surface area contributed by atoms with E-state index in [0.717, 1.165) is 16.7 Å². The van der Waals surface area contributed by atoms with Gasteiger partial charge in [-0.05, 0) is 97.2 Å². The largest absolute Gasteiger partial charge is 0.496 e. The highest BCUT2D eigenvalue weighted by Gasteiger charge is 2.59. The van der Waals surface area contributed by atoms with Gasteiger partial charge >= 0.3 is 24.4 Å². The van der Waals surface area contributed by atoms with Crippen LogP contribution >= 0.6 is 11.8 Å². The van der Waals surface area contributed by atoms with Crippen molar-refractivity contribution in [3.05, 3.63) is 94.3 Å². The van der Waals surface area contributed by atoms with Gasteiger partial charge in [-0.3, -0.25) is 4.90 Å². The van der Waals surface area contributed by atoms with Crippen LogP contribution in [0.3, 0.4) is 0 Å². The number of alkyl halides is 6. The Balaban J connectivity index is 1.42. The summed E-state index contributed by atoms with van der Waals surface area (Å²) >= 11 is 1.25. The van der Waals surface area contributed by atoms with Crippen molar-refractivity contribution in [2.75, 3.05) is 20.5 Å². The van der Waals surface area contributed by atoms with Crippen molar-refractivity contribution in [3.63, 3.8) is 0 Å². The summed E-state index contributed by atoms with van der Waals surface area (Å²) in [5.74, 6) is -0.0234. The standard InChI is InChI=1S/C36H31F6N3O5S/c1-19-12-21(31(46)49-3)6-8-25(19)20-7-9-29(48-2)26(15-20)27-17-43-32(51-4)44-28(27)18-45-33(47)50-30(34(45)10-5-11-34)22-13-23(35(37,38)39)16-24(14-22)36(40,41)42/h6-9,12-17,30H,5,10-11,18H2,1-4H3/t30-/m0/s1. The first-order chi connectivity index (χ1) is 24.1. The molecule has 1 atom stereocenters. The minimum atomic E-state index is -5.06. The number of aryl methyl sites for hydroxylation is 1. The number of halogens is 6. The molecule has 4 aromatic rings. The number of thioether (sulfide) groups is 1. The number of cyclic esters (lactones) is 1. The zero-order valence-corrected chi connectivity index (χ0v) is 28.6. The highest BCUT2D eigenvalue weighted by molar-refractivity contribution is 7.98. The molecule has 1 spiro atoms. The van der Waals surface area contributed by atoms with Crippen LogP contribution in [0.2, 0.25) is 0 Å². The van der Waals surface area contributed by atoms with E-state index in [1.807, 2.05) is 19.1 Å². The summed E-state index contributed by atoms with van der Waals surface area (Å²) in [4.78, 5) is 36.2. The minimum absolute atomic E-state index is 0.0547. The Morgan fingerprint density at radius 1 is 0.961 bits per heavy atom. The molecule has 51 heavy (non-hydrogen) atoms. The molecule has 1 aromatic heterocycles. The number of esters is 1. The van der Waals surface area contributed by atoms with Gasteiger partial charge in [-0.2, -0.15) is 26.3 Å². The Kier molecular flexibility index (Phi) is 9.46. The van der Waals surface area contributed by atoms with Crippen LogP contribution in [-0.2, 0) is 28.4 Å². The van der Waals surface area contributed by atoms with Gasteiger partial charge in [0.25, 0.3) is 0 Å². The molecule has 1 aliphatic heterocycles. The third kappa shape index (κ3) is 6.70.